The minimum absolute atomic E-state index is 0.113. The Balaban J connectivity index is 2.04. The van der Waals surface area contributed by atoms with Gasteiger partial charge in [-0.15, -0.1) is 11.3 Å². The fourth-order valence-electron chi connectivity index (χ4n) is 1.60. The number of aliphatic hydroxyl groups is 1. The van der Waals surface area contributed by atoms with E-state index in [1.165, 1.54) is 4.88 Å². The van der Waals surface area contributed by atoms with Gasteiger partial charge in [0.15, 0.2) is 0 Å². The summed E-state index contributed by atoms with van der Waals surface area (Å²) in [6.07, 6.45) is 1.64. The molecule has 0 saturated carbocycles. The van der Waals surface area contributed by atoms with Crippen molar-refractivity contribution in [3.8, 4) is 0 Å². The number of thiophene rings is 1. The van der Waals surface area contributed by atoms with Crippen LogP contribution in [0.3, 0.4) is 0 Å². The Morgan fingerprint density at radius 2 is 2.50 bits per heavy atom. The third kappa shape index (κ3) is 1.68. The van der Waals surface area contributed by atoms with Crippen molar-refractivity contribution >= 4 is 11.3 Å². The van der Waals surface area contributed by atoms with Gasteiger partial charge >= 0.3 is 0 Å². The molecule has 1 fully saturated rings. The van der Waals surface area contributed by atoms with Gasteiger partial charge in [0.25, 0.3) is 0 Å². The predicted molar refractivity (Wildman–Crippen MR) is 50.3 cm³/mol. The highest BCUT2D eigenvalue weighted by Crippen LogP contribution is 2.26. The molecule has 0 radical (unpaired) electrons. The zero-order valence-electron chi connectivity index (χ0n) is 6.86. The van der Waals surface area contributed by atoms with E-state index in [9.17, 15) is 5.11 Å². The first-order valence-corrected chi connectivity index (χ1v) is 5.19. The minimum Gasteiger partial charge on any atom is -0.393 e. The van der Waals surface area contributed by atoms with E-state index < -0.39 is 0 Å². The smallest absolute Gasteiger partial charge is 0.0570 e. The molecule has 12 heavy (non-hydrogen) atoms. The lowest BCUT2D eigenvalue weighted by Gasteiger charge is -2.26. The van der Waals surface area contributed by atoms with Crippen LogP contribution in [-0.2, 0) is 0 Å². The molecule has 0 aliphatic carbocycles. The second-order valence-corrected chi connectivity index (χ2v) is 4.18. The van der Waals surface area contributed by atoms with Crippen molar-refractivity contribution in [3.05, 3.63) is 22.4 Å². The lowest BCUT2D eigenvalue weighted by molar-refractivity contribution is 0.117. The molecule has 2 unspecified atom stereocenters. The second kappa shape index (κ2) is 3.56. The maximum absolute atomic E-state index is 9.44. The quantitative estimate of drug-likeness (QED) is 0.692. The lowest BCUT2D eigenvalue weighted by Crippen LogP contribution is -2.33. The first kappa shape index (κ1) is 8.23. The van der Waals surface area contributed by atoms with E-state index in [4.69, 9.17) is 0 Å². The number of piperidine rings is 1. The third-order valence-corrected chi connectivity index (χ3v) is 3.25. The van der Waals surface area contributed by atoms with E-state index in [0.717, 1.165) is 19.4 Å². The van der Waals surface area contributed by atoms with Gasteiger partial charge in [0.2, 0.25) is 0 Å². The molecular weight excluding hydrogens is 170 g/mol. The number of hydrogen-bond acceptors (Lipinski definition) is 3. The van der Waals surface area contributed by atoms with Crippen molar-refractivity contribution in [1.82, 2.24) is 5.32 Å². The summed E-state index contributed by atoms with van der Waals surface area (Å²) in [6, 6.07) is 4.57. The van der Waals surface area contributed by atoms with Crippen LogP contribution in [0.25, 0.3) is 0 Å². The van der Waals surface area contributed by atoms with E-state index in [-0.39, 0.29) is 6.10 Å². The van der Waals surface area contributed by atoms with Crippen LogP contribution in [0.2, 0.25) is 0 Å². The number of nitrogens with one attached hydrogen (secondary N) is 1. The van der Waals surface area contributed by atoms with Crippen molar-refractivity contribution in [3.63, 3.8) is 0 Å². The molecule has 0 amide bonds. The van der Waals surface area contributed by atoms with Crippen LogP contribution >= 0.6 is 11.3 Å². The highest BCUT2D eigenvalue weighted by Gasteiger charge is 2.21. The van der Waals surface area contributed by atoms with E-state index in [0.29, 0.717) is 6.04 Å². The van der Waals surface area contributed by atoms with E-state index in [2.05, 4.69) is 22.8 Å². The van der Waals surface area contributed by atoms with Gasteiger partial charge in [-0.25, -0.2) is 0 Å². The average molecular weight is 183 g/mol. The van der Waals surface area contributed by atoms with Gasteiger partial charge in [-0.1, -0.05) is 6.07 Å². The van der Waals surface area contributed by atoms with Gasteiger partial charge in [-0.2, -0.15) is 0 Å². The van der Waals surface area contributed by atoms with Crippen molar-refractivity contribution in [2.24, 2.45) is 0 Å². The van der Waals surface area contributed by atoms with Crippen LogP contribution in [0.15, 0.2) is 17.5 Å². The first-order valence-electron chi connectivity index (χ1n) is 4.31. The Bertz CT molecular complexity index is 235. The van der Waals surface area contributed by atoms with Crippen molar-refractivity contribution < 1.29 is 5.11 Å². The van der Waals surface area contributed by atoms with Crippen LogP contribution in [0.4, 0.5) is 0 Å². The fraction of sp³-hybridized carbons (Fsp3) is 0.556. The van der Waals surface area contributed by atoms with Gasteiger partial charge in [0.1, 0.15) is 0 Å². The summed E-state index contributed by atoms with van der Waals surface area (Å²) in [5.41, 5.74) is 0. The molecule has 1 saturated heterocycles. The normalized spacial score (nSPS) is 30.4. The molecular formula is C9H13NOS. The molecule has 0 aromatic carbocycles. The molecule has 1 aromatic rings. The summed E-state index contributed by atoms with van der Waals surface area (Å²) < 4.78 is 0. The summed E-state index contributed by atoms with van der Waals surface area (Å²) in [7, 11) is 0. The summed E-state index contributed by atoms with van der Waals surface area (Å²) in [6.45, 7) is 0.934. The largest absolute Gasteiger partial charge is 0.393 e. The number of hydrogen-bond donors (Lipinski definition) is 2. The average Bonchev–Trinajstić information content (AvgIpc) is 2.56. The SMILES string of the molecule is OC1CCNC(c2cccs2)C1. The highest BCUT2D eigenvalue weighted by molar-refractivity contribution is 7.10. The lowest BCUT2D eigenvalue weighted by atomic mass is 10.0. The van der Waals surface area contributed by atoms with Gasteiger partial charge in [-0.3, -0.25) is 0 Å². The molecule has 2 nitrogen and oxygen atoms in total. The maximum Gasteiger partial charge on any atom is 0.0570 e. The van der Waals surface area contributed by atoms with E-state index in [1.807, 2.05) is 0 Å². The van der Waals surface area contributed by atoms with Crippen LogP contribution < -0.4 is 5.32 Å². The molecule has 2 atom stereocenters. The van der Waals surface area contributed by atoms with E-state index in [1.54, 1.807) is 11.3 Å². The van der Waals surface area contributed by atoms with Crippen molar-refractivity contribution in [2.45, 2.75) is 25.0 Å². The molecule has 2 N–H and O–H groups in total. The summed E-state index contributed by atoms with van der Waals surface area (Å²) >= 11 is 1.76. The van der Waals surface area contributed by atoms with Gasteiger partial charge in [0.05, 0.1) is 6.10 Å². The second-order valence-electron chi connectivity index (χ2n) is 3.20. The van der Waals surface area contributed by atoms with Crippen molar-refractivity contribution in [2.75, 3.05) is 6.54 Å². The zero-order valence-corrected chi connectivity index (χ0v) is 7.68. The summed E-state index contributed by atoms with van der Waals surface area (Å²) in [4.78, 5) is 1.34. The Hall–Kier alpha value is -0.380. The molecule has 1 aliphatic rings. The molecule has 2 heterocycles. The minimum atomic E-state index is -0.113. The van der Waals surface area contributed by atoms with Gasteiger partial charge < -0.3 is 10.4 Å². The first-order chi connectivity index (χ1) is 5.86. The predicted octanol–water partition coefficient (Wildman–Crippen LogP) is 1.53. The monoisotopic (exact) mass is 183 g/mol. The standard InChI is InChI=1S/C9H13NOS/c11-7-3-4-10-8(6-7)9-2-1-5-12-9/h1-2,5,7-8,10-11H,3-4,6H2. The van der Waals surface area contributed by atoms with Crippen LogP contribution in [0.5, 0.6) is 0 Å². The fourth-order valence-corrected chi connectivity index (χ4v) is 2.42. The van der Waals surface area contributed by atoms with Crippen LogP contribution in [0.1, 0.15) is 23.8 Å². The number of rotatable bonds is 1. The molecule has 2 rings (SSSR count). The zero-order chi connectivity index (χ0) is 8.39. The molecule has 1 aromatic heterocycles. The summed E-state index contributed by atoms with van der Waals surface area (Å²) in [5.74, 6) is 0. The molecule has 0 spiro atoms. The molecule has 3 heteroatoms. The molecule has 1 aliphatic heterocycles. The van der Waals surface area contributed by atoms with E-state index >= 15 is 0 Å². The highest BCUT2D eigenvalue weighted by atomic mass is 32.1. The van der Waals surface area contributed by atoms with Crippen molar-refractivity contribution in [1.29, 1.82) is 0 Å². The topological polar surface area (TPSA) is 32.3 Å². The van der Waals surface area contributed by atoms with Crippen LogP contribution in [0, 0.1) is 0 Å². The Morgan fingerprint density at radius 3 is 3.17 bits per heavy atom. The third-order valence-electron chi connectivity index (χ3n) is 2.26. The summed E-state index contributed by atoms with van der Waals surface area (Å²) in [5, 5.41) is 14.9. The van der Waals surface area contributed by atoms with Gasteiger partial charge in [0, 0.05) is 10.9 Å². The molecule has 66 valence electrons. The van der Waals surface area contributed by atoms with Gasteiger partial charge in [-0.05, 0) is 30.8 Å². The Labute approximate surface area is 76.2 Å². The Kier molecular flexibility index (Phi) is 2.44. The molecule has 0 bridgehead atoms. The Morgan fingerprint density at radius 1 is 1.58 bits per heavy atom. The van der Waals surface area contributed by atoms with Crippen LogP contribution in [-0.4, -0.2) is 17.8 Å². The maximum atomic E-state index is 9.44. The number of aliphatic hydroxyl groups excluding tert-OH is 1.